The topological polar surface area (TPSA) is 72.3 Å². The van der Waals surface area contributed by atoms with Crippen LogP contribution in [0.1, 0.15) is 194 Å². The van der Waals surface area contributed by atoms with Crippen LogP contribution in [0.15, 0.2) is 12.2 Å². The third-order valence-electron chi connectivity index (χ3n) is 8.60. The summed E-state index contributed by atoms with van der Waals surface area (Å²) < 4.78 is 0. The van der Waals surface area contributed by atoms with Gasteiger partial charge in [0.1, 0.15) is 0 Å². The molecule has 0 heterocycles. The fourth-order valence-corrected chi connectivity index (χ4v) is 5.71. The van der Waals surface area contributed by atoms with E-state index in [0.29, 0.717) is 0 Å². The molecule has 0 aromatic carbocycles. The molecule has 4 heteroatoms. The lowest BCUT2D eigenvalue weighted by atomic mass is 10.0. The Morgan fingerprint density at radius 2 is 0.805 bits per heavy atom. The molecule has 0 aromatic heterocycles. The van der Waals surface area contributed by atoms with Gasteiger partial charge in [-0.1, -0.05) is 167 Å². The second kappa shape index (κ2) is 33.6. The smallest absolute Gasteiger partial charge is 0.240 e. The lowest BCUT2D eigenvalue weighted by Gasteiger charge is -2.25. The van der Waals surface area contributed by atoms with E-state index in [9.17, 15) is 4.79 Å². The Kier molecular flexibility index (Phi) is 32.9. The van der Waals surface area contributed by atoms with E-state index in [0.717, 1.165) is 25.9 Å². The van der Waals surface area contributed by atoms with Gasteiger partial charge in [-0.2, -0.15) is 0 Å². The van der Waals surface area contributed by atoms with Crippen LogP contribution in [0.5, 0.6) is 0 Å². The Hall–Kier alpha value is -0.870. The van der Waals surface area contributed by atoms with Crippen LogP contribution in [0.2, 0.25) is 0 Å². The molecule has 4 nitrogen and oxygen atoms in total. The van der Waals surface area contributed by atoms with Crippen molar-refractivity contribution < 1.29 is 4.79 Å². The highest BCUT2D eigenvalue weighted by Gasteiger charge is 2.19. The van der Waals surface area contributed by atoms with E-state index < -0.39 is 6.04 Å². The Bertz CT molecular complexity index is 550. The van der Waals surface area contributed by atoms with E-state index in [1.807, 2.05) is 4.90 Å². The van der Waals surface area contributed by atoms with Crippen molar-refractivity contribution in [2.24, 2.45) is 11.5 Å². The largest absolute Gasteiger partial charge is 0.341 e. The fraction of sp³-hybridized carbons (Fsp3) is 0.919. The van der Waals surface area contributed by atoms with E-state index in [1.165, 1.54) is 167 Å². The van der Waals surface area contributed by atoms with Gasteiger partial charge in [0.05, 0.1) is 6.04 Å². The van der Waals surface area contributed by atoms with Crippen molar-refractivity contribution in [3.8, 4) is 0 Å². The Morgan fingerprint density at radius 3 is 1.12 bits per heavy atom. The molecule has 0 aliphatic carbocycles. The van der Waals surface area contributed by atoms with Crippen molar-refractivity contribution >= 4 is 5.91 Å². The molecular formula is C37H75N3O. The van der Waals surface area contributed by atoms with E-state index in [-0.39, 0.29) is 12.5 Å². The quantitative estimate of drug-likeness (QED) is 0.0602. The highest BCUT2D eigenvalue weighted by Crippen LogP contribution is 2.14. The minimum Gasteiger partial charge on any atom is -0.341 e. The van der Waals surface area contributed by atoms with E-state index in [2.05, 4.69) is 26.0 Å². The summed E-state index contributed by atoms with van der Waals surface area (Å²) in [4.78, 5) is 14.8. The number of unbranched alkanes of at least 4 members (excludes halogenated alkanes) is 25. The number of allylic oxidation sites excluding steroid dienone is 2. The molecule has 0 aromatic rings. The number of rotatable bonds is 33. The normalized spacial score (nSPS) is 12.4. The first-order chi connectivity index (χ1) is 20.2. The van der Waals surface area contributed by atoms with Gasteiger partial charge in [0.2, 0.25) is 5.91 Å². The molecule has 0 spiro atoms. The fourth-order valence-electron chi connectivity index (χ4n) is 5.71. The highest BCUT2D eigenvalue weighted by molar-refractivity contribution is 5.81. The number of hydrogen-bond donors (Lipinski definition) is 2. The van der Waals surface area contributed by atoms with E-state index >= 15 is 0 Å². The summed E-state index contributed by atoms with van der Waals surface area (Å²) in [7, 11) is 0. The standard InChI is InChI=1S/C37H75N3O/c1-3-5-7-9-11-13-15-17-19-20-22-24-26-28-30-32-34-40(37(41)36(39)35-38)33-31-29-27-25-23-21-18-16-14-12-10-8-6-4-2/h17,19,36H,3-16,18,20-35,38-39H2,1-2H3/b19-17-/t36-/m0/s1. The average molecular weight is 578 g/mol. The zero-order chi connectivity index (χ0) is 30.1. The molecule has 0 fully saturated rings. The maximum Gasteiger partial charge on any atom is 0.240 e. The number of nitrogens with two attached hydrogens (primary N) is 2. The maximum atomic E-state index is 12.7. The highest BCUT2D eigenvalue weighted by atomic mass is 16.2. The van der Waals surface area contributed by atoms with Crippen LogP contribution in [0, 0.1) is 0 Å². The molecule has 0 saturated heterocycles. The molecule has 0 unspecified atom stereocenters. The molecule has 0 bridgehead atoms. The minimum atomic E-state index is -0.546. The first kappa shape index (κ1) is 40.1. The molecule has 41 heavy (non-hydrogen) atoms. The number of nitrogens with zero attached hydrogens (tertiary/aromatic N) is 1. The molecule has 0 rings (SSSR count). The molecule has 0 saturated carbocycles. The zero-order valence-electron chi connectivity index (χ0n) is 28.2. The molecule has 0 radical (unpaired) electrons. The maximum absolute atomic E-state index is 12.7. The van der Waals surface area contributed by atoms with E-state index in [4.69, 9.17) is 11.5 Å². The second-order valence-electron chi connectivity index (χ2n) is 12.7. The molecule has 0 aliphatic heterocycles. The number of amides is 1. The van der Waals surface area contributed by atoms with Crippen molar-refractivity contribution in [1.82, 2.24) is 4.90 Å². The van der Waals surface area contributed by atoms with Crippen LogP contribution in [0.25, 0.3) is 0 Å². The minimum absolute atomic E-state index is 0.0509. The summed E-state index contributed by atoms with van der Waals surface area (Å²) >= 11 is 0. The van der Waals surface area contributed by atoms with Crippen molar-refractivity contribution in [3.63, 3.8) is 0 Å². The van der Waals surface area contributed by atoms with Crippen LogP contribution in [0.3, 0.4) is 0 Å². The summed E-state index contributed by atoms with van der Waals surface area (Å²) in [6.07, 6.45) is 42.0. The molecular weight excluding hydrogens is 502 g/mol. The predicted octanol–water partition coefficient (Wildman–Crippen LogP) is 10.6. The van der Waals surface area contributed by atoms with Gasteiger partial charge in [-0.25, -0.2) is 0 Å². The SMILES string of the molecule is CCCCCCCC/C=C\CCCCCCCCN(CCCCCCCCCCCCCCCC)C(=O)[C@@H](N)CN. The summed E-state index contributed by atoms with van der Waals surface area (Å²) in [5.41, 5.74) is 11.7. The molecule has 0 aliphatic rings. The van der Waals surface area contributed by atoms with Crippen LogP contribution >= 0.6 is 0 Å². The number of hydrogen-bond acceptors (Lipinski definition) is 3. The third-order valence-corrected chi connectivity index (χ3v) is 8.60. The predicted molar refractivity (Wildman–Crippen MR) is 183 cm³/mol. The Labute approximate surface area is 258 Å². The van der Waals surface area contributed by atoms with Crippen molar-refractivity contribution in [1.29, 1.82) is 0 Å². The van der Waals surface area contributed by atoms with Gasteiger partial charge < -0.3 is 16.4 Å². The Balaban J connectivity index is 3.76. The van der Waals surface area contributed by atoms with Crippen LogP contribution < -0.4 is 11.5 Å². The van der Waals surface area contributed by atoms with Gasteiger partial charge in [-0.05, 0) is 38.5 Å². The lowest BCUT2D eigenvalue weighted by Crippen LogP contribution is -2.48. The third kappa shape index (κ3) is 29.0. The van der Waals surface area contributed by atoms with Gasteiger partial charge in [0, 0.05) is 19.6 Å². The summed E-state index contributed by atoms with van der Waals surface area (Å²) in [5.74, 6) is 0.0509. The molecule has 1 atom stereocenters. The summed E-state index contributed by atoms with van der Waals surface area (Å²) in [6.45, 7) is 6.49. The van der Waals surface area contributed by atoms with Crippen molar-refractivity contribution in [3.05, 3.63) is 12.2 Å². The van der Waals surface area contributed by atoms with Crippen molar-refractivity contribution in [2.45, 2.75) is 200 Å². The monoisotopic (exact) mass is 578 g/mol. The van der Waals surface area contributed by atoms with Gasteiger partial charge in [0.15, 0.2) is 0 Å². The van der Waals surface area contributed by atoms with Gasteiger partial charge in [0.25, 0.3) is 0 Å². The Morgan fingerprint density at radius 1 is 0.512 bits per heavy atom. The molecule has 1 amide bonds. The number of carbonyl (C=O) groups excluding carboxylic acids is 1. The van der Waals surface area contributed by atoms with Crippen LogP contribution in [0.4, 0.5) is 0 Å². The zero-order valence-corrected chi connectivity index (χ0v) is 28.2. The van der Waals surface area contributed by atoms with E-state index in [1.54, 1.807) is 0 Å². The lowest BCUT2D eigenvalue weighted by molar-refractivity contribution is -0.132. The second-order valence-corrected chi connectivity index (χ2v) is 12.7. The van der Waals surface area contributed by atoms with Gasteiger partial charge >= 0.3 is 0 Å². The van der Waals surface area contributed by atoms with Crippen molar-refractivity contribution in [2.75, 3.05) is 19.6 Å². The average Bonchev–Trinajstić information content (AvgIpc) is 2.99. The molecule has 244 valence electrons. The summed E-state index contributed by atoms with van der Waals surface area (Å²) in [6, 6.07) is -0.546. The van der Waals surface area contributed by atoms with Gasteiger partial charge in [-0.15, -0.1) is 0 Å². The van der Waals surface area contributed by atoms with Crippen LogP contribution in [-0.2, 0) is 4.79 Å². The van der Waals surface area contributed by atoms with Gasteiger partial charge in [-0.3, -0.25) is 4.79 Å². The first-order valence-corrected chi connectivity index (χ1v) is 18.6. The molecule has 4 N–H and O–H groups in total. The first-order valence-electron chi connectivity index (χ1n) is 18.6. The summed E-state index contributed by atoms with van der Waals surface area (Å²) in [5, 5.41) is 0. The number of carbonyl (C=O) groups is 1. The van der Waals surface area contributed by atoms with Crippen LogP contribution in [-0.4, -0.2) is 36.5 Å².